The van der Waals surface area contributed by atoms with Crippen LogP contribution in [0.3, 0.4) is 0 Å². The second kappa shape index (κ2) is 9.66. The summed E-state index contributed by atoms with van der Waals surface area (Å²) in [6.07, 6.45) is 4.58. The second-order valence-corrected chi connectivity index (χ2v) is 12.0. The van der Waals surface area contributed by atoms with Crippen LogP contribution >= 0.6 is 0 Å². The quantitative estimate of drug-likeness (QED) is 0.262. The number of aliphatic hydroxyl groups is 1. The highest BCUT2D eigenvalue weighted by Gasteiger charge is 2.74. The molecule has 0 aromatic heterocycles. The van der Waals surface area contributed by atoms with Gasteiger partial charge in [0.25, 0.3) is 0 Å². The molecule has 0 aromatic carbocycles. The molecule has 35 heavy (non-hydrogen) atoms. The van der Waals surface area contributed by atoms with Crippen LogP contribution in [0.1, 0.15) is 92.4 Å². The zero-order chi connectivity index (χ0) is 25.6. The van der Waals surface area contributed by atoms with E-state index in [9.17, 15) is 19.5 Å². The Balaban J connectivity index is 1.36. The molecule has 7 unspecified atom stereocenters. The van der Waals surface area contributed by atoms with Gasteiger partial charge in [0, 0.05) is 11.8 Å². The summed E-state index contributed by atoms with van der Waals surface area (Å²) >= 11 is 0. The van der Waals surface area contributed by atoms with Crippen LogP contribution in [0.2, 0.25) is 0 Å². The molecule has 3 aliphatic carbocycles. The van der Waals surface area contributed by atoms with E-state index in [2.05, 4.69) is 6.92 Å². The molecule has 1 heterocycles. The van der Waals surface area contributed by atoms with Crippen LogP contribution in [0.5, 0.6) is 0 Å². The van der Waals surface area contributed by atoms with Gasteiger partial charge in [-0.2, -0.15) is 0 Å². The summed E-state index contributed by atoms with van der Waals surface area (Å²) < 4.78 is 22.9. The van der Waals surface area contributed by atoms with Gasteiger partial charge in [0.2, 0.25) is 0 Å². The maximum Gasteiger partial charge on any atom is 0.344 e. The van der Waals surface area contributed by atoms with E-state index in [4.69, 9.17) is 18.9 Å². The summed E-state index contributed by atoms with van der Waals surface area (Å²) in [6, 6.07) is 0. The monoisotopic (exact) mass is 494 g/mol. The number of hydrogen-bond donors (Lipinski definition) is 1. The van der Waals surface area contributed by atoms with Crippen molar-refractivity contribution in [2.24, 2.45) is 28.6 Å². The second-order valence-electron chi connectivity index (χ2n) is 12.0. The third kappa shape index (κ3) is 4.50. The average Bonchev–Trinajstić information content (AvgIpc) is 3.55. The van der Waals surface area contributed by atoms with Crippen LogP contribution < -0.4 is 0 Å². The fourth-order valence-electron chi connectivity index (χ4n) is 7.22. The Bertz CT molecular complexity index is 833. The summed E-state index contributed by atoms with van der Waals surface area (Å²) in [5.41, 5.74) is -2.12. The lowest BCUT2D eigenvalue weighted by molar-refractivity contribution is -0.241. The summed E-state index contributed by atoms with van der Waals surface area (Å²) in [5.74, 6) is -1.52. The van der Waals surface area contributed by atoms with Crippen LogP contribution in [0.4, 0.5) is 0 Å². The molecule has 0 radical (unpaired) electrons. The Morgan fingerprint density at radius 3 is 2.51 bits per heavy atom. The van der Waals surface area contributed by atoms with Gasteiger partial charge in [0.05, 0.1) is 11.0 Å². The maximum absolute atomic E-state index is 13.0. The van der Waals surface area contributed by atoms with E-state index < -0.39 is 53.8 Å². The first-order valence-electron chi connectivity index (χ1n) is 13.4. The summed E-state index contributed by atoms with van der Waals surface area (Å²) in [6.45, 7) is 9.48. The van der Waals surface area contributed by atoms with Crippen molar-refractivity contribution in [3.63, 3.8) is 0 Å². The van der Waals surface area contributed by atoms with E-state index in [1.807, 2.05) is 27.7 Å². The highest BCUT2D eigenvalue weighted by molar-refractivity contribution is 5.82. The van der Waals surface area contributed by atoms with Gasteiger partial charge in [-0.3, -0.25) is 9.59 Å². The average molecular weight is 495 g/mol. The number of aliphatic hydroxyl groups excluding tert-OH is 1. The molecule has 7 atom stereocenters. The van der Waals surface area contributed by atoms with Gasteiger partial charge in [-0.15, -0.1) is 0 Å². The molecule has 4 rings (SSSR count). The van der Waals surface area contributed by atoms with E-state index in [0.717, 1.165) is 32.1 Å². The molecular weight excluding hydrogens is 452 g/mol. The Morgan fingerprint density at radius 2 is 1.91 bits per heavy atom. The van der Waals surface area contributed by atoms with Crippen LogP contribution in [-0.2, 0) is 33.3 Å². The molecule has 2 bridgehead atoms. The zero-order valence-electron chi connectivity index (χ0n) is 21.8. The van der Waals surface area contributed by atoms with Crippen molar-refractivity contribution in [1.82, 2.24) is 0 Å². The van der Waals surface area contributed by atoms with Crippen molar-refractivity contribution >= 4 is 17.9 Å². The molecule has 4 fully saturated rings. The Labute approximate surface area is 208 Å². The Hall–Kier alpha value is -1.67. The van der Waals surface area contributed by atoms with Crippen molar-refractivity contribution in [3.05, 3.63) is 0 Å². The maximum atomic E-state index is 13.0. The third-order valence-corrected chi connectivity index (χ3v) is 9.31. The van der Waals surface area contributed by atoms with Crippen molar-refractivity contribution in [1.29, 1.82) is 0 Å². The van der Waals surface area contributed by atoms with Gasteiger partial charge in [0.15, 0.2) is 12.9 Å². The number of hydrogen-bond acceptors (Lipinski definition) is 8. The van der Waals surface area contributed by atoms with Crippen LogP contribution in [0.15, 0.2) is 0 Å². The van der Waals surface area contributed by atoms with Crippen molar-refractivity contribution in [2.45, 2.75) is 117 Å². The molecule has 0 amide bonds. The molecule has 4 aliphatic rings. The topological polar surface area (TPSA) is 108 Å². The molecule has 8 heteroatoms. The van der Waals surface area contributed by atoms with Crippen LogP contribution in [-0.4, -0.2) is 53.7 Å². The zero-order valence-corrected chi connectivity index (χ0v) is 21.8. The van der Waals surface area contributed by atoms with Crippen molar-refractivity contribution < 1.29 is 38.4 Å². The summed E-state index contributed by atoms with van der Waals surface area (Å²) in [4.78, 5) is 38.3. The predicted molar refractivity (Wildman–Crippen MR) is 126 cm³/mol. The number of ether oxygens (including phenoxy) is 4. The molecule has 198 valence electrons. The minimum Gasteiger partial charge on any atom is -0.457 e. The molecular formula is C27H42O8. The highest BCUT2D eigenvalue weighted by atomic mass is 16.6. The minimum atomic E-state index is -1.22. The molecule has 0 aromatic rings. The predicted octanol–water partition coefficient (Wildman–Crippen LogP) is 3.91. The first-order valence-corrected chi connectivity index (χ1v) is 13.4. The van der Waals surface area contributed by atoms with E-state index in [1.165, 1.54) is 0 Å². The van der Waals surface area contributed by atoms with Gasteiger partial charge >= 0.3 is 17.9 Å². The fraction of sp³-hybridized carbons (Fsp3) is 0.889. The summed E-state index contributed by atoms with van der Waals surface area (Å²) in [5, 5.41) is 11.2. The lowest BCUT2D eigenvalue weighted by Crippen LogP contribution is -2.50. The van der Waals surface area contributed by atoms with Crippen LogP contribution in [0, 0.1) is 28.6 Å². The SMILES string of the molecule is CCC1(OC(O)C23CC4CC2C(OC3=O)C4OC(=O)COC(=O)C(C)(CC)CC(C)C)CCCC1. The summed E-state index contributed by atoms with van der Waals surface area (Å²) in [7, 11) is 0. The highest BCUT2D eigenvalue weighted by Crippen LogP contribution is 2.64. The van der Waals surface area contributed by atoms with Crippen molar-refractivity contribution in [2.75, 3.05) is 6.61 Å². The normalized spacial score (nSPS) is 35.1. The van der Waals surface area contributed by atoms with Crippen molar-refractivity contribution in [3.8, 4) is 0 Å². The van der Waals surface area contributed by atoms with E-state index >= 15 is 0 Å². The van der Waals surface area contributed by atoms with Crippen LogP contribution in [0.25, 0.3) is 0 Å². The first kappa shape index (κ1) is 26.4. The number of fused-ring (bicyclic) bond motifs is 1. The molecule has 1 N–H and O–H groups in total. The third-order valence-electron chi connectivity index (χ3n) is 9.31. The number of esters is 3. The van der Waals surface area contributed by atoms with E-state index in [1.54, 1.807) is 0 Å². The number of carbonyl (C=O) groups is 3. The smallest absolute Gasteiger partial charge is 0.344 e. The lowest BCUT2D eigenvalue weighted by atomic mass is 9.72. The van der Waals surface area contributed by atoms with Gasteiger partial charge in [0.1, 0.15) is 17.6 Å². The molecule has 3 saturated carbocycles. The number of carbonyl (C=O) groups excluding carboxylic acids is 3. The molecule has 0 spiro atoms. The van der Waals surface area contributed by atoms with Gasteiger partial charge in [-0.25, -0.2) is 4.79 Å². The Kier molecular flexibility index (Phi) is 7.28. The first-order chi connectivity index (χ1) is 16.5. The fourth-order valence-corrected chi connectivity index (χ4v) is 7.22. The van der Waals surface area contributed by atoms with Gasteiger partial charge < -0.3 is 24.1 Å². The standard InChI is InChI=1S/C27H42O8/c1-6-25(5,13-16(3)4)22(29)32-15-19(28)33-20-17-12-18-21(20)34-23(30)27(18,14-17)24(31)35-26(7-2)10-8-9-11-26/h16-18,20-21,24,31H,6-15H2,1-5H3. The minimum absolute atomic E-state index is 0.0997. The Morgan fingerprint density at radius 1 is 1.23 bits per heavy atom. The number of rotatable bonds is 11. The van der Waals surface area contributed by atoms with Gasteiger partial charge in [-0.05, 0) is 57.8 Å². The molecule has 8 nitrogen and oxygen atoms in total. The van der Waals surface area contributed by atoms with E-state index in [-0.39, 0.29) is 17.4 Å². The van der Waals surface area contributed by atoms with E-state index in [0.29, 0.717) is 31.6 Å². The van der Waals surface area contributed by atoms with Gasteiger partial charge in [-0.1, -0.05) is 40.5 Å². The molecule has 1 saturated heterocycles. The largest absolute Gasteiger partial charge is 0.457 e. The lowest BCUT2D eigenvalue weighted by Gasteiger charge is -2.39. The molecule has 1 aliphatic heterocycles.